The number of carbonyl (C=O) groups is 3. The van der Waals surface area contributed by atoms with Gasteiger partial charge in [0.05, 0.1) is 0 Å². The topological polar surface area (TPSA) is 83.9 Å². The van der Waals surface area contributed by atoms with Gasteiger partial charge in [0, 0.05) is 25.8 Å². The lowest BCUT2D eigenvalue weighted by Crippen LogP contribution is -2.42. The molecule has 1 unspecified atom stereocenters. The van der Waals surface area contributed by atoms with Crippen molar-refractivity contribution in [2.24, 2.45) is 5.41 Å². The highest BCUT2D eigenvalue weighted by atomic mass is 16.6. The quantitative estimate of drug-likeness (QED) is 0.659. The Morgan fingerprint density at radius 3 is 2.32 bits per heavy atom. The number of Topliss-reactive ketones (excluding diaryl/α,β-unsaturated/α-hetero) is 2. The van der Waals surface area contributed by atoms with E-state index in [2.05, 4.69) is 0 Å². The van der Waals surface area contributed by atoms with Gasteiger partial charge in [0.25, 0.3) is 0 Å². The Balaban J connectivity index is 2.16. The molecule has 1 atom stereocenters. The molecule has 106 valence electrons. The monoisotopic (exact) mass is 269 g/mol. The summed E-state index contributed by atoms with van der Waals surface area (Å²) in [6.07, 6.45) is -1.43. The summed E-state index contributed by atoms with van der Waals surface area (Å²) in [5, 5.41) is 9.94. The Morgan fingerprint density at radius 2 is 1.84 bits per heavy atom. The van der Waals surface area contributed by atoms with Crippen LogP contribution in [0.1, 0.15) is 40.0 Å². The summed E-state index contributed by atoms with van der Waals surface area (Å²) >= 11 is 0. The number of ketones is 2. The van der Waals surface area contributed by atoms with Crippen molar-refractivity contribution in [2.75, 3.05) is 6.54 Å². The summed E-state index contributed by atoms with van der Waals surface area (Å²) < 4.78 is 5.17. The van der Waals surface area contributed by atoms with Crippen LogP contribution in [0.4, 0.5) is 4.79 Å². The summed E-state index contributed by atoms with van der Waals surface area (Å²) in [6, 6.07) is 0. The van der Waals surface area contributed by atoms with Crippen LogP contribution in [0.25, 0.3) is 0 Å². The molecule has 0 bridgehead atoms. The van der Waals surface area contributed by atoms with E-state index < -0.39 is 23.3 Å². The van der Waals surface area contributed by atoms with Gasteiger partial charge in [0.1, 0.15) is 28.8 Å². The van der Waals surface area contributed by atoms with Gasteiger partial charge in [-0.15, -0.1) is 0 Å². The van der Waals surface area contributed by atoms with Gasteiger partial charge in [0.15, 0.2) is 0 Å². The minimum Gasteiger partial charge on any atom is -0.444 e. The largest absolute Gasteiger partial charge is 0.444 e. The van der Waals surface area contributed by atoms with Gasteiger partial charge < -0.3 is 9.84 Å². The number of ether oxygens (including phenoxy) is 1. The van der Waals surface area contributed by atoms with Crippen LogP contribution in [0.5, 0.6) is 0 Å². The van der Waals surface area contributed by atoms with Gasteiger partial charge >= 0.3 is 6.09 Å². The molecule has 6 nitrogen and oxygen atoms in total. The zero-order valence-corrected chi connectivity index (χ0v) is 11.4. The molecule has 1 saturated carbocycles. The van der Waals surface area contributed by atoms with Crippen LogP contribution in [0.3, 0.4) is 0 Å². The first-order valence-electron chi connectivity index (χ1n) is 6.40. The molecule has 0 aromatic heterocycles. The normalized spacial score (nSPS) is 26.3. The molecule has 6 heteroatoms. The predicted molar refractivity (Wildman–Crippen MR) is 65.2 cm³/mol. The lowest BCUT2D eigenvalue weighted by molar-refractivity contribution is -0.134. The van der Waals surface area contributed by atoms with Gasteiger partial charge in [-0.25, -0.2) is 4.79 Å². The first kappa shape index (κ1) is 14.0. The van der Waals surface area contributed by atoms with Crippen molar-refractivity contribution in [1.82, 2.24) is 4.90 Å². The van der Waals surface area contributed by atoms with Gasteiger partial charge in [0.2, 0.25) is 0 Å². The zero-order valence-electron chi connectivity index (χ0n) is 11.4. The molecular weight excluding hydrogens is 250 g/mol. The standard InChI is InChI=1S/C13H19NO5/c1-12(2,3)19-11(18)14-7-13(6-10(14)17)8(15)4-5-9(13)16/h10,17H,4-7H2,1-3H3. The Bertz CT molecular complexity index is 421. The van der Waals surface area contributed by atoms with Gasteiger partial charge in [-0.1, -0.05) is 0 Å². The maximum absolute atomic E-state index is 11.9. The highest BCUT2D eigenvalue weighted by Gasteiger charge is 2.57. The molecule has 19 heavy (non-hydrogen) atoms. The summed E-state index contributed by atoms with van der Waals surface area (Å²) in [5.74, 6) is -0.356. The molecular formula is C13H19NO5. The maximum atomic E-state index is 11.9. The number of amides is 1. The van der Waals surface area contributed by atoms with Gasteiger partial charge in [-0.05, 0) is 20.8 Å². The first-order valence-corrected chi connectivity index (χ1v) is 6.40. The Morgan fingerprint density at radius 1 is 1.32 bits per heavy atom. The highest BCUT2D eigenvalue weighted by molar-refractivity contribution is 6.13. The molecule has 1 heterocycles. The number of hydrogen-bond donors (Lipinski definition) is 1. The van der Waals surface area contributed by atoms with E-state index >= 15 is 0 Å². The molecule has 1 amide bonds. The maximum Gasteiger partial charge on any atom is 0.412 e. The Labute approximate surface area is 111 Å². The van der Waals surface area contributed by atoms with Crippen molar-refractivity contribution in [2.45, 2.75) is 51.9 Å². The first-order chi connectivity index (χ1) is 8.66. The van der Waals surface area contributed by atoms with Crippen LogP contribution in [0.15, 0.2) is 0 Å². The van der Waals surface area contributed by atoms with Crippen molar-refractivity contribution < 1.29 is 24.2 Å². The second kappa shape index (κ2) is 4.30. The summed E-state index contributed by atoms with van der Waals surface area (Å²) in [5.41, 5.74) is -1.88. The summed E-state index contributed by atoms with van der Waals surface area (Å²) in [6.45, 7) is 5.08. The van der Waals surface area contributed by atoms with Crippen LogP contribution >= 0.6 is 0 Å². The third-order valence-corrected chi connectivity index (χ3v) is 3.61. The minimum absolute atomic E-state index is 0.0100. The number of nitrogens with zero attached hydrogens (tertiary/aromatic N) is 1. The fourth-order valence-corrected chi connectivity index (χ4v) is 2.65. The van der Waals surface area contributed by atoms with E-state index in [9.17, 15) is 19.5 Å². The Kier molecular flexibility index (Phi) is 3.16. The third kappa shape index (κ3) is 2.36. The SMILES string of the molecule is CC(C)(C)OC(=O)N1CC2(CC1O)C(=O)CCC2=O. The molecule has 0 aromatic rings. The van der Waals surface area contributed by atoms with Gasteiger partial charge in [-0.2, -0.15) is 0 Å². The minimum atomic E-state index is -1.20. The molecule has 1 aliphatic heterocycles. The average molecular weight is 269 g/mol. The van der Waals surface area contributed by atoms with Gasteiger partial charge in [-0.3, -0.25) is 14.5 Å². The number of carbonyl (C=O) groups excluding carboxylic acids is 3. The number of aliphatic hydroxyl groups is 1. The molecule has 2 rings (SSSR count). The van der Waals surface area contributed by atoms with Crippen molar-refractivity contribution in [3.8, 4) is 0 Å². The molecule has 1 saturated heterocycles. The summed E-state index contributed by atoms with van der Waals surface area (Å²) in [7, 11) is 0. The van der Waals surface area contributed by atoms with E-state index in [0.717, 1.165) is 4.90 Å². The summed E-state index contributed by atoms with van der Waals surface area (Å²) in [4.78, 5) is 36.8. The average Bonchev–Trinajstić information content (AvgIpc) is 2.73. The van der Waals surface area contributed by atoms with Crippen LogP contribution in [-0.2, 0) is 14.3 Å². The predicted octanol–water partition coefficient (Wildman–Crippen LogP) is 0.864. The molecule has 1 spiro atoms. The lowest BCUT2D eigenvalue weighted by atomic mass is 9.83. The van der Waals surface area contributed by atoms with E-state index in [0.29, 0.717) is 0 Å². The fourth-order valence-electron chi connectivity index (χ4n) is 2.65. The number of likely N-dealkylation sites (tertiary alicyclic amines) is 1. The van der Waals surface area contributed by atoms with Crippen molar-refractivity contribution in [3.05, 3.63) is 0 Å². The lowest BCUT2D eigenvalue weighted by Gasteiger charge is -2.26. The second-order valence-electron chi connectivity index (χ2n) is 6.22. The number of aliphatic hydroxyl groups excluding tert-OH is 1. The van der Waals surface area contributed by atoms with E-state index in [1.165, 1.54) is 0 Å². The van der Waals surface area contributed by atoms with E-state index in [4.69, 9.17) is 4.74 Å². The van der Waals surface area contributed by atoms with E-state index in [1.807, 2.05) is 0 Å². The smallest absolute Gasteiger partial charge is 0.412 e. The van der Waals surface area contributed by atoms with E-state index in [-0.39, 0.29) is 37.4 Å². The van der Waals surface area contributed by atoms with Crippen LogP contribution in [0.2, 0.25) is 0 Å². The third-order valence-electron chi connectivity index (χ3n) is 3.61. The number of rotatable bonds is 0. The molecule has 1 aliphatic carbocycles. The number of hydrogen-bond acceptors (Lipinski definition) is 5. The molecule has 1 N–H and O–H groups in total. The second-order valence-corrected chi connectivity index (χ2v) is 6.22. The van der Waals surface area contributed by atoms with Crippen LogP contribution < -0.4 is 0 Å². The zero-order chi connectivity index (χ0) is 14.4. The van der Waals surface area contributed by atoms with Crippen molar-refractivity contribution >= 4 is 17.7 Å². The molecule has 0 radical (unpaired) electrons. The van der Waals surface area contributed by atoms with Crippen molar-refractivity contribution in [1.29, 1.82) is 0 Å². The van der Waals surface area contributed by atoms with Crippen LogP contribution in [0, 0.1) is 5.41 Å². The molecule has 0 aromatic carbocycles. The van der Waals surface area contributed by atoms with Crippen molar-refractivity contribution in [3.63, 3.8) is 0 Å². The molecule has 2 fully saturated rings. The Hall–Kier alpha value is -1.43. The fraction of sp³-hybridized carbons (Fsp3) is 0.769. The molecule has 2 aliphatic rings. The highest BCUT2D eigenvalue weighted by Crippen LogP contribution is 2.42. The van der Waals surface area contributed by atoms with Crippen LogP contribution in [-0.4, -0.2) is 46.0 Å². The van der Waals surface area contributed by atoms with E-state index in [1.54, 1.807) is 20.8 Å².